The summed E-state index contributed by atoms with van der Waals surface area (Å²) in [7, 11) is 1.29. The molecule has 0 aromatic rings. The summed E-state index contributed by atoms with van der Waals surface area (Å²) in [5.41, 5.74) is -1.42. The van der Waals surface area contributed by atoms with Crippen molar-refractivity contribution in [3.8, 4) is 0 Å². The minimum Gasteiger partial charge on any atom is -0.467 e. The summed E-state index contributed by atoms with van der Waals surface area (Å²) in [5.74, 6) is 0.266. The summed E-state index contributed by atoms with van der Waals surface area (Å²) in [6.07, 6.45) is 4.82. The molecule has 2 unspecified atom stereocenters. The monoisotopic (exact) mass is 229 g/mol. The summed E-state index contributed by atoms with van der Waals surface area (Å²) in [5, 5.41) is 13.1. The minimum atomic E-state index is -1.42. The van der Waals surface area contributed by atoms with Crippen LogP contribution in [0.4, 0.5) is 0 Å². The highest BCUT2D eigenvalue weighted by Crippen LogP contribution is 2.34. The average Bonchev–Trinajstić information content (AvgIpc) is 3.06. The molecule has 0 amide bonds. The fourth-order valence-electron chi connectivity index (χ4n) is 1.79. The van der Waals surface area contributed by atoms with Gasteiger partial charge in [-0.25, -0.2) is 4.79 Å². The Kier molecular flexibility index (Phi) is 4.74. The third-order valence-corrected chi connectivity index (χ3v) is 3.17. The van der Waals surface area contributed by atoms with Crippen LogP contribution in [0.15, 0.2) is 0 Å². The number of hydrogen-bond donors (Lipinski definition) is 2. The SMILES string of the molecule is CCC(CC1CC1)NCC(C)(O)C(=O)OC. The van der Waals surface area contributed by atoms with Crippen LogP contribution in [-0.4, -0.2) is 36.4 Å². The normalized spacial score (nSPS) is 21.2. The van der Waals surface area contributed by atoms with Crippen LogP contribution in [0.1, 0.15) is 39.5 Å². The maximum atomic E-state index is 11.3. The molecule has 4 heteroatoms. The molecular formula is C12H23NO3. The molecule has 0 heterocycles. The molecule has 1 aliphatic carbocycles. The highest BCUT2D eigenvalue weighted by atomic mass is 16.5. The quantitative estimate of drug-likeness (QED) is 0.641. The number of ether oxygens (including phenoxy) is 1. The van der Waals surface area contributed by atoms with E-state index in [1.807, 2.05) is 0 Å². The second kappa shape index (κ2) is 5.64. The molecule has 4 nitrogen and oxygen atoms in total. The molecule has 1 rings (SSSR count). The van der Waals surface area contributed by atoms with Crippen molar-refractivity contribution < 1.29 is 14.6 Å². The smallest absolute Gasteiger partial charge is 0.338 e. The van der Waals surface area contributed by atoms with E-state index in [0.717, 1.165) is 18.8 Å². The predicted molar refractivity (Wildman–Crippen MR) is 62.1 cm³/mol. The van der Waals surface area contributed by atoms with Crippen LogP contribution in [0.5, 0.6) is 0 Å². The average molecular weight is 229 g/mol. The molecule has 16 heavy (non-hydrogen) atoms. The lowest BCUT2D eigenvalue weighted by molar-refractivity contribution is -0.160. The third kappa shape index (κ3) is 4.10. The fraction of sp³-hybridized carbons (Fsp3) is 0.917. The Balaban J connectivity index is 2.31. The van der Waals surface area contributed by atoms with Crippen molar-refractivity contribution in [2.45, 2.75) is 51.2 Å². The Hall–Kier alpha value is -0.610. The van der Waals surface area contributed by atoms with Gasteiger partial charge in [-0.15, -0.1) is 0 Å². The van der Waals surface area contributed by atoms with E-state index < -0.39 is 11.6 Å². The number of hydrogen-bond acceptors (Lipinski definition) is 4. The number of rotatable bonds is 7. The molecule has 2 atom stereocenters. The standard InChI is InChI=1S/C12H23NO3/c1-4-10(7-9-5-6-9)13-8-12(2,15)11(14)16-3/h9-10,13,15H,4-8H2,1-3H3. The second-order valence-electron chi connectivity index (χ2n) is 4.93. The first-order chi connectivity index (χ1) is 7.49. The van der Waals surface area contributed by atoms with Crippen molar-refractivity contribution >= 4 is 5.97 Å². The number of aliphatic hydroxyl groups is 1. The van der Waals surface area contributed by atoms with Gasteiger partial charge in [-0.1, -0.05) is 19.8 Å². The predicted octanol–water partition coefficient (Wildman–Crippen LogP) is 1.08. The molecule has 0 aromatic heterocycles. The summed E-state index contributed by atoms with van der Waals surface area (Å²) in [4.78, 5) is 11.3. The minimum absolute atomic E-state index is 0.255. The van der Waals surface area contributed by atoms with Gasteiger partial charge in [0.1, 0.15) is 0 Å². The Morgan fingerprint density at radius 2 is 2.25 bits per heavy atom. The van der Waals surface area contributed by atoms with Crippen LogP contribution in [-0.2, 0) is 9.53 Å². The van der Waals surface area contributed by atoms with Crippen molar-refractivity contribution in [2.24, 2.45) is 5.92 Å². The molecule has 1 fully saturated rings. The van der Waals surface area contributed by atoms with Crippen molar-refractivity contribution in [3.05, 3.63) is 0 Å². The number of carbonyl (C=O) groups is 1. The van der Waals surface area contributed by atoms with E-state index in [1.54, 1.807) is 0 Å². The van der Waals surface area contributed by atoms with Gasteiger partial charge in [-0.3, -0.25) is 0 Å². The molecule has 2 N–H and O–H groups in total. The second-order valence-corrected chi connectivity index (χ2v) is 4.93. The molecule has 0 aliphatic heterocycles. The van der Waals surface area contributed by atoms with E-state index in [2.05, 4.69) is 17.0 Å². The Bertz CT molecular complexity index is 236. The zero-order chi connectivity index (χ0) is 12.2. The van der Waals surface area contributed by atoms with Crippen LogP contribution in [0.2, 0.25) is 0 Å². The highest BCUT2D eigenvalue weighted by Gasteiger charge is 2.32. The molecule has 0 bridgehead atoms. The summed E-state index contributed by atoms with van der Waals surface area (Å²) in [6.45, 7) is 3.85. The molecule has 94 valence electrons. The van der Waals surface area contributed by atoms with Gasteiger partial charge in [-0.05, 0) is 25.7 Å². The fourth-order valence-corrected chi connectivity index (χ4v) is 1.79. The lowest BCUT2D eigenvalue weighted by Gasteiger charge is -2.24. The largest absolute Gasteiger partial charge is 0.467 e. The first-order valence-electron chi connectivity index (χ1n) is 6.03. The maximum absolute atomic E-state index is 11.3. The van der Waals surface area contributed by atoms with E-state index in [0.29, 0.717) is 6.04 Å². The van der Waals surface area contributed by atoms with Crippen molar-refractivity contribution in [3.63, 3.8) is 0 Å². The van der Waals surface area contributed by atoms with Gasteiger partial charge in [0.15, 0.2) is 5.60 Å². The molecular weight excluding hydrogens is 206 g/mol. The molecule has 0 aromatic carbocycles. The van der Waals surface area contributed by atoms with E-state index in [9.17, 15) is 9.90 Å². The van der Waals surface area contributed by atoms with Gasteiger partial charge in [0, 0.05) is 12.6 Å². The summed E-state index contributed by atoms with van der Waals surface area (Å²) in [6, 6.07) is 0.392. The van der Waals surface area contributed by atoms with E-state index in [1.165, 1.54) is 26.9 Å². The van der Waals surface area contributed by atoms with Crippen LogP contribution in [0.25, 0.3) is 0 Å². The van der Waals surface area contributed by atoms with Crippen LogP contribution in [0, 0.1) is 5.92 Å². The lowest BCUT2D eigenvalue weighted by Crippen LogP contribution is -2.48. The number of carbonyl (C=O) groups excluding carboxylic acids is 1. The zero-order valence-electron chi connectivity index (χ0n) is 10.5. The highest BCUT2D eigenvalue weighted by molar-refractivity contribution is 5.78. The molecule has 0 saturated heterocycles. The molecule has 1 saturated carbocycles. The van der Waals surface area contributed by atoms with E-state index in [4.69, 9.17) is 0 Å². The van der Waals surface area contributed by atoms with Gasteiger partial charge in [0.25, 0.3) is 0 Å². The number of nitrogens with one attached hydrogen (secondary N) is 1. The molecule has 0 radical (unpaired) electrons. The van der Waals surface area contributed by atoms with Crippen molar-refractivity contribution in [1.29, 1.82) is 0 Å². The van der Waals surface area contributed by atoms with Crippen LogP contribution < -0.4 is 5.32 Å². The first-order valence-corrected chi connectivity index (χ1v) is 6.03. The van der Waals surface area contributed by atoms with Gasteiger partial charge >= 0.3 is 5.97 Å². The Labute approximate surface area is 97.4 Å². The zero-order valence-corrected chi connectivity index (χ0v) is 10.5. The molecule has 1 aliphatic rings. The van der Waals surface area contributed by atoms with E-state index >= 15 is 0 Å². The number of methoxy groups -OCH3 is 1. The first kappa shape index (κ1) is 13.5. The van der Waals surface area contributed by atoms with Crippen molar-refractivity contribution in [1.82, 2.24) is 5.32 Å². The van der Waals surface area contributed by atoms with Gasteiger partial charge < -0.3 is 15.2 Å². The van der Waals surface area contributed by atoms with Crippen LogP contribution >= 0.6 is 0 Å². The van der Waals surface area contributed by atoms with Crippen LogP contribution in [0.3, 0.4) is 0 Å². The van der Waals surface area contributed by atoms with E-state index in [-0.39, 0.29) is 6.54 Å². The van der Waals surface area contributed by atoms with Gasteiger partial charge in [0.2, 0.25) is 0 Å². The summed E-state index contributed by atoms with van der Waals surface area (Å²) >= 11 is 0. The summed E-state index contributed by atoms with van der Waals surface area (Å²) < 4.78 is 4.55. The Morgan fingerprint density at radius 1 is 1.62 bits per heavy atom. The Morgan fingerprint density at radius 3 is 2.69 bits per heavy atom. The topological polar surface area (TPSA) is 58.6 Å². The van der Waals surface area contributed by atoms with Crippen molar-refractivity contribution in [2.75, 3.05) is 13.7 Å². The van der Waals surface area contributed by atoms with Gasteiger partial charge in [0.05, 0.1) is 7.11 Å². The maximum Gasteiger partial charge on any atom is 0.338 e. The molecule has 0 spiro atoms. The van der Waals surface area contributed by atoms with Gasteiger partial charge in [-0.2, -0.15) is 0 Å². The number of esters is 1. The lowest BCUT2D eigenvalue weighted by atomic mass is 10.0. The third-order valence-electron chi connectivity index (χ3n) is 3.17.